The van der Waals surface area contributed by atoms with Crippen molar-refractivity contribution in [1.82, 2.24) is 0 Å². The molecule has 5 heteroatoms. The number of sulfone groups is 1. The number of benzene rings is 1. The third-order valence-corrected chi connectivity index (χ3v) is 3.96. The van der Waals surface area contributed by atoms with Gasteiger partial charge in [-0.1, -0.05) is 30.7 Å². The number of anilines is 1. The summed E-state index contributed by atoms with van der Waals surface area (Å²) >= 11 is 0. The third kappa shape index (κ3) is 9.02. The van der Waals surface area contributed by atoms with Gasteiger partial charge in [-0.05, 0) is 37.0 Å². The Hall–Kier alpha value is -1.62. The Bertz CT molecular complexity index is 574. The van der Waals surface area contributed by atoms with E-state index in [1.165, 1.54) is 13.2 Å². The van der Waals surface area contributed by atoms with Crippen LogP contribution in [0, 0.1) is 0 Å². The van der Waals surface area contributed by atoms with E-state index in [0.29, 0.717) is 0 Å². The van der Waals surface area contributed by atoms with Gasteiger partial charge in [-0.15, -0.1) is 0 Å². The average molecular weight is 309 g/mol. The van der Waals surface area contributed by atoms with Crippen LogP contribution in [0.4, 0.5) is 5.69 Å². The zero-order valence-electron chi connectivity index (χ0n) is 12.6. The lowest BCUT2D eigenvalue weighted by Crippen LogP contribution is -2.05. The van der Waals surface area contributed by atoms with E-state index in [9.17, 15) is 13.2 Å². The van der Waals surface area contributed by atoms with Crippen LogP contribution < -0.4 is 5.32 Å². The highest BCUT2D eigenvalue weighted by Crippen LogP contribution is 2.11. The fraction of sp³-hybridized carbons (Fsp3) is 0.438. The maximum atomic E-state index is 11.0. The number of unbranched alkanes of at least 4 members (excludes halogenated alkanes) is 3. The van der Waals surface area contributed by atoms with Gasteiger partial charge < -0.3 is 5.32 Å². The monoisotopic (exact) mass is 309 g/mol. The van der Waals surface area contributed by atoms with Gasteiger partial charge in [0, 0.05) is 24.6 Å². The first-order valence-corrected chi connectivity index (χ1v) is 9.15. The molecule has 0 fully saturated rings. The van der Waals surface area contributed by atoms with Crippen molar-refractivity contribution in [1.29, 1.82) is 0 Å². The summed E-state index contributed by atoms with van der Waals surface area (Å²) in [5.74, 6) is 0.203. The van der Waals surface area contributed by atoms with E-state index in [-0.39, 0.29) is 11.7 Å². The molecule has 0 atom stereocenters. The number of nitrogens with one attached hydrogen (secondary N) is 1. The zero-order chi connectivity index (χ0) is 15.7. The van der Waals surface area contributed by atoms with E-state index in [2.05, 4.69) is 11.4 Å². The van der Waals surface area contributed by atoms with Crippen LogP contribution in [0.1, 0.15) is 38.2 Å². The van der Waals surface area contributed by atoms with Crippen LogP contribution in [0.5, 0.6) is 0 Å². The first kappa shape index (κ1) is 17.4. The summed E-state index contributed by atoms with van der Waals surface area (Å²) in [6.45, 7) is 1.48. The second-order valence-corrected chi connectivity index (χ2v) is 7.44. The molecule has 1 aromatic rings. The minimum absolute atomic E-state index is 0.0765. The minimum atomic E-state index is -2.82. The van der Waals surface area contributed by atoms with Gasteiger partial charge in [0.1, 0.15) is 9.84 Å². The lowest BCUT2D eigenvalue weighted by Gasteiger charge is -2.01. The van der Waals surface area contributed by atoms with Crippen LogP contribution in [0.15, 0.2) is 30.3 Å². The number of hydrogen-bond acceptors (Lipinski definition) is 3. The molecule has 0 saturated heterocycles. The van der Waals surface area contributed by atoms with Gasteiger partial charge in [-0.25, -0.2) is 8.42 Å². The molecule has 1 amide bonds. The lowest BCUT2D eigenvalue weighted by atomic mass is 10.1. The maximum absolute atomic E-state index is 11.0. The molecule has 0 saturated carbocycles. The topological polar surface area (TPSA) is 63.2 Å². The molecule has 0 bridgehead atoms. The molecular formula is C16H23NO3S. The Morgan fingerprint density at radius 1 is 1.14 bits per heavy atom. The van der Waals surface area contributed by atoms with Crippen molar-refractivity contribution >= 4 is 27.5 Å². The molecule has 0 radical (unpaired) electrons. The van der Waals surface area contributed by atoms with Crippen molar-refractivity contribution in [2.75, 3.05) is 17.3 Å². The molecule has 4 nitrogen and oxygen atoms in total. The Labute approximate surface area is 127 Å². The first-order valence-electron chi connectivity index (χ1n) is 7.09. The van der Waals surface area contributed by atoms with Gasteiger partial charge in [0.15, 0.2) is 0 Å². The van der Waals surface area contributed by atoms with Gasteiger partial charge in [0.2, 0.25) is 5.91 Å². The quantitative estimate of drug-likeness (QED) is 0.750. The van der Waals surface area contributed by atoms with Crippen LogP contribution in [0.3, 0.4) is 0 Å². The second-order valence-electron chi connectivity index (χ2n) is 5.18. The summed E-state index contributed by atoms with van der Waals surface area (Å²) in [7, 11) is -2.82. The molecule has 116 valence electrons. The van der Waals surface area contributed by atoms with E-state index in [1.807, 2.05) is 30.3 Å². The van der Waals surface area contributed by atoms with Crippen molar-refractivity contribution in [3.05, 3.63) is 35.9 Å². The largest absolute Gasteiger partial charge is 0.326 e. The Kier molecular flexibility index (Phi) is 7.15. The second kappa shape index (κ2) is 8.62. The van der Waals surface area contributed by atoms with E-state index in [0.717, 1.165) is 36.9 Å². The van der Waals surface area contributed by atoms with Crippen molar-refractivity contribution in [2.24, 2.45) is 0 Å². The van der Waals surface area contributed by atoms with Gasteiger partial charge in [-0.2, -0.15) is 0 Å². The SMILES string of the molecule is CC(=O)Nc1ccc(/C=C/CCCCCS(C)(=O)=O)cc1. The van der Waals surface area contributed by atoms with Crippen molar-refractivity contribution in [3.8, 4) is 0 Å². The fourth-order valence-electron chi connectivity index (χ4n) is 1.90. The predicted molar refractivity (Wildman–Crippen MR) is 88.0 cm³/mol. The average Bonchev–Trinajstić information content (AvgIpc) is 2.37. The lowest BCUT2D eigenvalue weighted by molar-refractivity contribution is -0.114. The maximum Gasteiger partial charge on any atom is 0.221 e. The number of amides is 1. The highest BCUT2D eigenvalue weighted by atomic mass is 32.2. The molecule has 0 spiro atoms. The van der Waals surface area contributed by atoms with Gasteiger partial charge in [0.25, 0.3) is 0 Å². The summed E-state index contributed by atoms with van der Waals surface area (Å²) in [4.78, 5) is 10.9. The van der Waals surface area contributed by atoms with Crippen LogP contribution in [0.25, 0.3) is 6.08 Å². The number of rotatable bonds is 8. The molecule has 0 aliphatic carbocycles. The summed E-state index contributed by atoms with van der Waals surface area (Å²) < 4.78 is 21.9. The molecule has 0 heterocycles. The molecule has 1 rings (SSSR count). The summed E-state index contributed by atoms with van der Waals surface area (Å²) in [6.07, 6.45) is 9.00. The fourth-order valence-corrected chi connectivity index (χ4v) is 2.63. The Morgan fingerprint density at radius 2 is 1.81 bits per heavy atom. The van der Waals surface area contributed by atoms with Crippen LogP contribution in [-0.4, -0.2) is 26.3 Å². The summed E-state index contributed by atoms with van der Waals surface area (Å²) in [5.41, 5.74) is 1.88. The zero-order valence-corrected chi connectivity index (χ0v) is 13.4. The van der Waals surface area contributed by atoms with Gasteiger partial charge in [0.05, 0.1) is 0 Å². The number of allylic oxidation sites excluding steroid dienone is 1. The van der Waals surface area contributed by atoms with E-state index in [1.54, 1.807) is 0 Å². The highest BCUT2D eigenvalue weighted by molar-refractivity contribution is 7.90. The summed E-state index contributed by atoms with van der Waals surface area (Å²) in [5, 5.41) is 2.72. The molecule has 0 aliphatic heterocycles. The predicted octanol–water partition coefficient (Wildman–Crippen LogP) is 3.26. The molecule has 1 N–H and O–H groups in total. The van der Waals surface area contributed by atoms with E-state index in [4.69, 9.17) is 0 Å². The van der Waals surface area contributed by atoms with Crippen molar-refractivity contribution < 1.29 is 13.2 Å². The first-order chi connectivity index (χ1) is 9.87. The van der Waals surface area contributed by atoms with Crippen molar-refractivity contribution in [2.45, 2.75) is 32.6 Å². The minimum Gasteiger partial charge on any atom is -0.326 e. The van der Waals surface area contributed by atoms with E-state index < -0.39 is 9.84 Å². The van der Waals surface area contributed by atoms with Gasteiger partial charge in [-0.3, -0.25) is 4.79 Å². The van der Waals surface area contributed by atoms with E-state index >= 15 is 0 Å². The Balaban J connectivity index is 2.26. The number of carbonyl (C=O) groups excluding carboxylic acids is 1. The summed E-state index contributed by atoms with van der Waals surface area (Å²) in [6, 6.07) is 7.64. The van der Waals surface area contributed by atoms with Crippen LogP contribution >= 0.6 is 0 Å². The smallest absolute Gasteiger partial charge is 0.221 e. The standard InChI is InChI=1S/C16H23NO3S/c1-14(18)17-16-11-9-15(10-12-16)8-6-4-3-5-7-13-21(2,19)20/h6,8-12H,3-5,7,13H2,1-2H3,(H,17,18)/b8-6+. The molecule has 0 aliphatic rings. The van der Waals surface area contributed by atoms with Crippen LogP contribution in [-0.2, 0) is 14.6 Å². The number of carbonyl (C=O) groups is 1. The highest BCUT2D eigenvalue weighted by Gasteiger charge is 2.00. The number of hydrogen-bond donors (Lipinski definition) is 1. The third-order valence-electron chi connectivity index (χ3n) is 2.93. The molecule has 21 heavy (non-hydrogen) atoms. The molecule has 1 aromatic carbocycles. The Morgan fingerprint density at radius 3 is 2.38 bits per heavy atom. The molecule has 0 aromatic heterocycles. The van der Waals surface area contributed by atoms with Crippen molar-refractivity contribution in [3.63, 3.8) is 0 Å². The molecular weight excluding hydrogens is 286 g/mol. The van der Waals surface area contributed by atoms with Crippen LogP contribution in [0.2, 0.25) is 0 Å². The normalized spacial score (nSPS) is 11.7. The molecule has 0 unspecified atom stereocenters. The van der Waals surface area contributed by atoms with Gasteiger partial charge >= 0.3 is 0 Å².